The van der Waals surface area contributed by atoms with Crippen molar-refractivity contribution in [1.29, 1.82) is 0 Å². The van der Waals surface area contributed by atoms with Gasteiger partial charge in [-0.2, -0.15) is 4.31 Å². The molecule has 0 amide bonds. The van der Waals surface area contributed by atoms with Crippen LogP contribution in [-0.4, -0.2) is 37.0 Å². The second-order valence-corrected chi connectivity index (χ2v) is 6.84. The van der Waals surface area contributed by atoms with Crippen LogP contribution in [0.1, 0.15) is 32.8 Å². The van der Waals surface area contributed by atoms with Crippen LogP contribution in [0.25, 0.3) is 0 Å². The van der Waals surface area contributed by atoms with Crippen LogP contribution in [0.3, 0.4) is 0 Å². The number of rotatable bonds is 5. The lowest BCUT2D eigenvalue weighted by Gasteiger charge is -2.26. The van der Waals surface area contributed by atoms with Crippen molar-refractivity contribution >= 4 is 21.6 Å². The molecule has 0 fully saturated rings. The van der Waals surface area contributed by atoms with Gasteiger partial charge in [0.15, 0.2) is 0 Å². The molecule has 0 spiro atoms. The van der Waals surface area contributed by atoms with E-state index in [2.05, 4.69) is 11.8 Å². The van der Waals surface area contributed by atoms with Crippen LogP contribution in [0.2, 0.25) is 5.02 Å². The van der Waals surface area contributed by atoms with Gasteiger partial charge in [0.2, 0.25) is 10.0 Å². The summed E-state index contributed by atoms with van der Waals surface area (Å²) in [6, 6.07) is 4.46. The average Bonchev–Trinajstić information content (AvgIpc) is 2.45. The number of nitrogens with zero attached hydrogens (tertiary/aromatic N) is 1. The molecule has 0 aliphatic carbocycles. The first-order valence-electron chi connectivity index (χ1n) is 6.79. The lowest BCUT2D eigenvalue weighted by atomic mass is 10.2. The lowest BCUT2D eigenvalue weighted by Crippen LogP contribution is -2.38. The molecule has 1 N–H and O–H groups in total. The molecule has 0 heterocycles. The van der Waals surface area contributed by atoms with Gasteiger partial charge >= 0.3 is 0 Å². The topological polar surface area (TPSA) is 57.6 Å². The van der Waals surface area contributed by atoms with E-state index in [-0.39, 0.29) is 22.6 Å². The molecule has 1 unspecified atom stereocenters. The number of sulfonamides is 1. The van der Waals surface area contributed by atoms with Gasteiger partial charge in [-0.25, -0.2) is 8.42 Å². The van der Waals surface area contributed by atoms with Crippen LogP contribution in [-0.2, 0) is 10.0 Å². The minimum absolute atomic E-state index is 0.0841. The lowest BCUT2D eigenvalue weighted by molar-refractivity contribution is 0.342. The van der Waals surface area contributed by atoms with E-state index in [1.807, 2.05) is 13.8 Å². The van der Waals surface area contributed by atoms with Gasteiger partial charge in [0.25, 0.3) is 0 Å². The van der Waals surface area contributed by atoms with Crippen molar-refractivity contribution in [3.63, 3.8) is 0 Å². The van der Waals surface area contributed by atoms with Crippen molar-refractivity contribution in [2.75, 3.05) is 13.2 Å². The van der Waals surface area contributed by atoms with Crippen molar-refractivity contribution in [3.8, 4) is 11.8 Å². The van der Waals surface area contributed by atoms with Crippen LogP contribution >= 0.6 is 11.6 Å². The second kappa shape index (κ2) is 7.81. The summed E-state index contributed by atoms with van der Waals surface area (Å²) in [5, 5.41) is 8.80. The molecule has 0 bridgehead atoms. The molecular weight excluding hydrogens is 310 g/mol. The zero-order valence-electron chi connectivity index (χ0n) is 12.4. The molecule has 4 nitrogen and oxygen atoms in total. The highest BCUT2D eigenvalue weighted by atomic mass is 35.5. The molecule has 1 rings (SSSR count). The molecule has 116 valence electrons. The molecule has 0 aliphatic heterocycles. The van der Waals surface area contributed by atoms with Gasteiger partial charge in [0.05, 0.1) is 5.02 Å². The normalized spacial score (nSPS) is 12.9. The molecule has 1 aromatic rings. The maximum Gasteiger partial charge on any atom is 0.244 e. The summed E-state index contributed by atoms with van der Waals surface area (Å²) in [6.07, 6.45) is 0.727. The first-order valence-corrected chi connectivity index (χ1v) is 8.61. The minimum atomic E-state index is -3.63. The predicted octanol–water partition coefficient (Wildman–Crippen LogP) is 2.49. The minimum Gasteiger partial charge on any atom is -0.384 e. The number of hydrogen-bond acceptors (Lipinski definition) is 3. The largest absolute Gasteiger partial charge is 0.384 e. The Balaban J connectivity index is 3.26. The summed E-state index contributed by atoms with van der Waals surface area (Å²) < 4.78 is 26.8. The Bertz CT molecular complexity index is 647. The van der Waals surface area contributed by atoms with Crippen LogP contribution in [0, 0.1) is 11.8 Å². The van der Waals surface area contributed by atoms with Gasteiger partial charge in [-0.05, 0) is 31.5 Å². The van der Waals surface area contributed by atoms with Gasteiger partial charge in [0.1, 0.15) is 11.5 Å². The Morgan fingerprint density at radius 3 is 2.52 bits per heavy atom. The van der Waals surface area contributed by atoms with E-state index in [4.69, 9.17) is 16.7 Å². The van der Waals surface area contributed by atoms with Crippen LogP contribution in [0.5, 0.6) is 0 Å². The molecule has 1 aromatic carbocycles. The van der Waals surface area contributed by atoms with E-state index in [9.17, 15) is 8.42 Å². The second-order valence-electron chi connectivity index (χ2n) is 4.57. The highest BCUT2D eigenvalue weighted by Crippen LogP contribution is 2.27. The highest BCUT2D eigenvalue weighted by molar-refractivity contribution is 7.89. The van der Waals surface area contributed by atoms with E-state index < -0.39 is 10.0 Å². The number of aliphatic hydroxyl groups is 1. The van der Waals surface area contributed by atoms with Crippen molar-refractivity contribution in [2.24, 2.45) is 0 Å². The monoisotopic (exact) mass is 329 g/mol. The fourth-order valence-electron chi connectivity index (χ4n) is 1.98. The summed E-state index contributed by atoms with van der Waals surface area (Å²) >= 11 is 6.11. The van der Waals surface area contributed by atoms with Crippen LogP contribution in [0.15, 0.2) is 23.1 Å². The molecule has 0 saturated carbocycles. The molecule has 0 saturated heterocycles. The van der Waals surface area contributed by atoms with Crippen LogP contribution in [0.4, 0.5) is 0 Å². The molecule has 1 atom stereocenters. The van der Waals surface area contributed by atoms with Gasteiger partial charge in [0, 0.05) is 18.2 Å². The third-order valence-electron chi connectivity index (χ3n) is 3.22. The van der Waals surface area contributed by atoms with Crippen molar-refractivity contribution in [3.05, 3.63) is 28.8 Å². The molecule has 21 heavy (non-hydrogen) atoms. The van der Waals surface area contributed by atoms with Gasteiger partial charge in [-0.15, -0.1) is 0 Å². The molecule has 6 heteroatoms. The zero-order valence-corrected chi connectivity index (χ0v) is 14.0. The van der Waals surface area contributed by atoms with E-state index in [1.165, 1.54) is 16.4 Å². The summed E-state index contributed by atoms with van der Waals surface area (Å²) in [5.74, 6) is 5.20. The summed E-state index contributed by atoms with van der Waals surface area (Å²) in [7, 11) is -3.63. The average molecular weight is 330 g/mol. The Morgan fingerprint density at radius 2 is 2.05 bits per heavy atom. The maximum atomic E-state index is 12.7. The first-order chi connectivity index (χ1) is 9.88. The Morgan fingerprint density at radius 1 is 1.38 bits per heavy atom. The fraction of sp³-hybridized carbons (Fsp3) is 0.467. The molecule has 0 radical (unpaired) electrons. The summed E-state index contributed by atoms with van der Waals surface area (Å²) in [6.45, 7) is 5.75. The Hall–Kier alpha value is -1.06. The van der Waals surface area contributed by atoms with Crippen molar-refractivity contribution in [2.45, 2.75) is 38.1 Å². The third kappa shape index (κ3) is 4.21. The molecular formula is C15H20ClNO3S. The Kier molecular flexibility index (Phi) is 6.69. The predicted molar refractivity (Wildman–Crippen MR) is 84.7 cm³/mol. The van der Waals surface area contributed by atoms with Crippen molar-refractivity contribution in [1.82, 2.24) is 4.31 Å². The quantitative estimate of drug-likeness (QED) is 0.844. The van der Waals surface area contributed by atoms with E-state index >= 15 is 0 Å². The standard InChI is InChI=1S/C15H20ClNO3S/c1-4-12(3)17(5-2)21(19,20)15-9-8-13(7-6-10-18)11-14(15)16/h8-9,11-12,18H,4-5,10H2,1-3H3. The number of aliphatic hydroxyl groups excluding tert-OH is 1. The van der Waals surface area contributed by atoms with Crippen LogP contribution < -0.4 is 0 Å². The Labute approximate surface area is 131 Å². The van der Waals surface area contributed by atoms with E-state index in [0.29, 0.717) is 12.1 Å². The van der Waals surface area contributed by atoms with Gasteiger partial charge in [-0.3, -0.25) is 0 Å². The summed E-state index contributed by atoms with van der Waals surface area (Å²) in [4.78, 5) is 0.0841. The van der Waals surface area contributed by atoms with E-state index in [0.717, 1.165) is 6.42 Å². The van der Waals surface area contributed by atoms with Crippen molar-refractivity contribution < 1.29 is 13.5 Å². The van der Waals surface area contributed by atoms with Gasteiger partial charge < -0.3 is 5.11 Å². The number of benzene rings is 1. The fourth-order valence-corrected chi connectivity index (χ4v) is 4.21. The number of hydrogen-bond donors (Lipinski definition) is 1. The first kappa shape index (κ1) is 18.0. The smallest absolute Gasteiger partial charge is 0.244 e. The zero-order chi connectivity index (χ0) is 16.0. The third-order valence-corrected chi connectivity index (χ3v) is 5.80. The maximum absolute atomic E-state index is 12.7. The highest BCUT2D eigenvalue weighted by Gasteiger charge is 2.28. The molecule has 0 aromatic heterocycles. The summed E-state index contributed by atoms with van der Waals surface area (Å²) in [5.41, 5.74) is 0.569. The van der Waals surface area contributed by atoms with E-state index in [1.54, 1.807) is 13.0 Å². The molecule has 0 aliphatic rings. The number of halogens is 1. The van der Waals surface area contributed by atoms with Gasteiger partial charge in [-0.1, -0.05) is 37.3 Å². The SMILES string of the molecule is CCC(C)N(CC)S(=O)(=O)c1ccc(C#CCO)cc1Cl.